The summed E-state index contributed by atoms with van der Waals surface area (Å²) >= 11 is 0. The Morgan fingerprint density at radius 2 is 1.56 bits per heavy atom. The van der Waals surface area contributed by atoms with Crippen LogP contribution in [0.3, 0.4) is 0 Å². The molecule has 0 amide bonds. The average molecular weight is 446 g/mol. The van der Waals surface area contributed by atoms with Gasteiger partial charge in [-0.1, -0.05) is 97.3 Å². The first-order valence-corrected chi connectivity index (χ1v) is 12.4. The first kappa shape index (κ1) is 24.2. The third-order valence-electron chi connectivity index (χ3n) is 6.18. The molecule has 168 valence electrons. The van der Waals surface area contributed by atoms with Crippen molar-refractivity contribution in [2.45, 2.75) is 65.5 Å². The number of para-hydroxylation sites is 1. The molecule has 0 aromatic heterocycles. The Morgan fingerprint density at radius 3 is 2.19 bits per heavy atom. The van der Waals surface area contributed by atoms with E-state index in [4.69, 9.17) is 4.99 Å². The predicted molar refractivity (Wildman–Crippen MR) is 142 cm³/mol. The van der Waals surface area contributed by atoms with Crippen molar-refractivity contribution in [1.29, 1.82) is 0 Å². The van der Waals surface area contributed by atoms with Crippen LogP contribution in [0.1, 0.15) is 68.9 Å². The van der Waals surface area contributed by atoms with E-state index in [0.29, 0.717) is 14.3 Å². The number of benzene rings is 3. The van der Waals surface area contributed by atoms with E-state index in [0.717, 1.165) is 28.8 Å². The fraction of sp³-hybridized carbons (Fsp3) is 0.345. The molecule has 0 fully saturated rings. The van der Waals surface area contributed by atoms with Gasteiger partial charge in [-0.3, -0.25) is 4.99 Å². The molecule has 1 N–H and O–H groups in total. The predicted octanol–water partition coefficient (Wildman–Crippen LogP) is 7.69. The first-order valence-electron chi connectivity index (χ1n) is 11.4. The Morgan fingerprint density at radius 1 is 0.906 bits per heavy atom. The van der Waals surface area contributed by atoms with E-state index in [1.807, 2.05) is 36.5 Å². The molecule has 0 heterocycles. The van der Waals surface area contributed by atoms with Crippen LogP contribution in [0.25, 0.3) is 0 Å². The van der Waals surface area contributed by atoms with E-state index >= 15 is 0 Å². The average Bonchev–Trinajstić information content (AvgIpc) is 2.75. The largest absolute Gasteiger partial charge is 0.507 e. The maximum absolute atomic E-state index is 11.4. The summed E-state index contributed by atoms with van der Waals surface area (Å²) in [5.41, 5.74) is 6.53. The molecule has 0 aliphatic rings. The zero-order valence-electron chi connectivity index (χ0n) is 20.5. The lowest BCUT2D eigenvalue weighted by molar-refractivity contribution is 0.430. The summed E-state index contributed by atoms with van der Waals surface area (Å²) in [6.07, 6.45) is 2.92. The molecule has 3 aromatic rings. The third-order valence-corrected chi connectivity index (χ3v) is 8.29. The molecule has 2 atom stereocenters. The van der Waals surface area contributed by atoms with E-state index in [2.05, 4.69) is 78.8 Å². The molecule has 3 heteroatoms. The zero-order valence-corrected chi connectivity index (χ0v) is 21.5. The second-order valence-corrected chi connectivity index (χ2v) is 11.8. The molecule has 0 saturated heterocycles. The van der Waals surface area contributed by atoms with Gasteiger partial charge in [-0.05, 0) is 54.2 Å². The van der Waals surface area contributed by atoms with E-state index in [9.17, 15) is 5.11 Å². The van der Waals surface area contributed by atoms with Gasteiger partial charge in [0.2, 0.25) is 0 Å². The number of rotatable bonds is 6. The summed E-state index contributed by atoms with van der Waals surface area (Å²) in [5.74, 6) is 0.452. The number of hydrogen-bond acceptors (Lipinski definition) is 2. The molecule has 32 heavy (non-hydrogen) atoms. The highest BCUT2D eigenvalue weighted by molar-refractivity contribution is 7.49. The van der Waals surface area contributed by atoms with Gasteiger partial charge in [-0.15, -0.1) is 0 Å². The lowest BCUT2D eigenvalue weighted by atomic mass is 9.82. The lowest BCUT2D eigenvalue weighted by Gasteiger charge is -2.34. The quantitative estimate of drug-likeness (QED) is 0.306. The number of nitrogens with zero attached hydrogens (tertiary/aromatic N) is 1. The highest BCUT2D eigenvalue weighted by atomic mass is 31.1. The molecule has 0 radical (unpaired) electrons. The minimum atomic E-state index is -0.169. The zero-order chi connectivity index (χ0) is 23.5. The van der Waals surface area contributed by atoms with Crippen molar-refractivity contribution in [3.63, 3.8) is 0 Å². The monoisotopic (exact) mass is 445 g/mol. The Hall–Kier alpha value is -2.44. The summed E-state index contributed by atoms with van der Waals surface area (Å²) in [6.45, 7) is 15.3. The SMILES string of the molecule is CCC(C)(Pc1c(C)cccc1/C=N/c1ccccc1)c1cc(C)cc(C(C)(C)C)c1O. The van der Waals surface area contributed by atoms with Gasteiger partial charge in [0.15, 0.2) is 0 Å². The number of aryl methyl sites for hydroxylation is 2. The smallest absolute Gasteiger partial charge is 0.123 e. The van der Waals surface area contributed by atoms with Gasteiger partial charge in [-0.2, -0.15) is 0 Å². The van der Waals surface area contributed by atoms with Gasteiger partial charge >= 0.3 is 0 Å². The van der Waals surface area contributed by atoms with Gasteiger partial charge < -0.3 is 5.11 Å². The van der Waals surface area contributed by atoms with Crippen molar-refractivity contribution < 1.29 is 5.11 Å². The molecule has 0 aliphatic heterocycles. The minimum absolute atomic E-state index is 0.112. The number of phenols is 1. The van der Waals surface area contributed by atoms with Gasteiger partial charge in [0.25, 0.3) is 0 Å². The third kappa shape index (κ3) is 5.30. The number of aliphatic imine (C=N–C) groups is 1. The van der Waals surface area contributed by atoms with Crippen molar-refractivity contribution in [1.82, 2.24) is 0 Å². The van der Waals surface area contributed by atoms with Crippen molar-refractivity contribution in [3.05, 3.63) is 88.5 Å². The maximum atomic E-state index is 11.4. The Bertz CT molecular complexity index is 1110. The Labute approximate surface area is 195 Å². The van der Waals surface area contributed by atoms with Crippen LogP contribution in [0.5, 0.6) is 5.75 Å². The van der Waals surface area contributed by atoms with Crippen LogP contribution in [-0.4, -0.2) is 11.3 Å². The lowest BCUT2D eigenvalue weighted by Crippen LogP contribution is -2.23. The molecule has 2 unspecified atom stereocenters. The molecule has 3 aromatic carbocycles. The molecule has 0 aliphatic carbocycles. The van der Waals surface area contributed by atoms with Crippen molar-refractivity contribution in [2.24, 2.45) is 4.99 Å². The normalized spacial score (nSPS) is 14.3. The van der Waals surface area contributed by atoms with Gasteiger partial charge in [0, 0.05) is 22.5 Å². The van der Waals surface area contributed by atoms with Crippen molar-refractivity contribution in [2.75, 3.05) is 0 Å². The van der Waals surface area contributed by atoms with Crippen molar-refractivity contribution >= 4 is 25.8 Å². The molecule has 3 rings (SSSR count). The summed E-state index contributed by atoms with van der Waals surface area (Å²) in [7, 11) is 0.512. The standard InChI is InChI=1S/C29H36NOP/c1-8-29(7,25-18-20(2)17-24(26(25)31)28(4,5)6)32-27-21(3)13-12-14-22(27)19-30-23-15-10-9-11-16-23/h9-19,31-32H,8H2,1-7H3/b30-19+. The summed E-state index contributed by atoms with van der Waals surface area (Å²) < 4.78 is 0. The van der Waals surface area contributed by atoms with Crippen LogP contribution in [0.15, 0.2) is 65.7 Å². The second kappa shape index (κ2) is 9.59. The van der Waals surface area contributed by atoms with Crippen LogP contribution < -0.4 is 5.30 Å². The maximum Gasteiger partial charge on any atom is 0.123 e. The highest BCUT2D eigenvalue weighted by Gasteiger charge is 2.32. The fourth-order valence-corrected chi connectivity index (χ4v) is 5.65. The topological polar surface area (TPSA) is 32.6 Å². The summed E-state index contributed by atoms with van der Waals surface area (Å²) in [5, 5.41) is 12.5. The van der Waals surface area contributed by atoms with E-state index in [1.54, 1.807) is 0 Å². The molecule has 2 nitrogen and oxygen atoms in total. The van der Waals surface area contributed by atoms with E-state index < -0.39 is 0 Å². The van der Waals surface area contributed by atoms with Crippen LogP contribution >= 0.6 is 8.58 Å². The number of phenolic OH excluding ortho intramolecular Hbond substituents is 1. The summed E-state index contributed by atoms with van der Waals surface area (Å²) in [6, 6.07) is 20.8. The van der Waals surface area contributed by atoms with E-state index in [1.165, 1.54) is 16.4 Å². The summed E-state index contributed by atoms with van der Waals surface area (Å²) in [4.78, 5) is 4.71. The fourth-order valence-electron chi connectivity index (χ4n) is 4.02. The van der Waals surface area contributed by atoms with Crippen LogP contribution in [-0.2, 0) is 10.6 Å². The van der Waals surface area contributed by atoms with Gasteiger partial charge in [0.05, 0.1) is 5.69 Å². The van der Waals surface area contributed by atoms with Crippen LogP contribution in [0, 0.1) is 13.8 Å². The number of hydrogen-bond donors (Lipinski definition) is 1. The van der Waals surface area contributed by atoms with Gasteiger partial charge in [-0.25, -0.2) is 0 Å². The van der Waals surface area contributed by atoms with Crippen LogP contribution in [0.4, 0.5) is 5.69 Å². The number of aromatic hydroxyl groups is 1. The minimum Gasteiger partial charge on any atom is -0.507 e. The van der Waals surface area contributed by atoms with E-state index in [-0.39, 0.29) is 10.6 Å². The Kier molecular flexibility index (Phi) is 7.25. The van der Waals surface area contributed by atoms with Gasteiger partial charge in [0.1, 0.15) is 5.75 Å². The first-order chi connectivity index (χ1) is 15.0. The molecular formula is C29H36NOP. The second-order valence-electron chi connectivity index (χ2n) is 9.90. The molecule has 0 spiro atoms. The van der Waals surface area contributed by atoms with Crippen molar-refractivity contribution in [3.8, 4) is 5.75 Å². The molecular weight excluding hydrogens is 409 g/mol. The molecule has 0 bridgehead atoms. The van der Waals surface area contributed by atoms with Crippen LogP contribution in [0.2, 0.25) is 0 Å². The molecule has 0 saturated carbocycles. The Balaban J connectivity index is 2.08. The highest BCUT2D eigenvalue weighted by Crippen LogP contribution is 2.50.